The summed E-state index contributed by atoms with van der Waals surface area (Å²) in [5.74, 6) is 0.0117. The molecule has 0 bridgehead atoms. The molecule has 1 saturated heterocycles. The van der Waals surface area contributed by atoms with Crippen molar-refractivity contribution in [2.24, 2.45) is 0 Å². The highest BCUT2D eigenvalue weighted by Crippen LogP contribution is 2.12. The lowest BCUT2D eigenvalue weighted by Crippen LogP contribution is -2.39. The number of carbonyl (C=O) groups excluding carboxylic acids is 2. The Labute approximate surface area is 150 Å². The number of rotatable bonds is 7. The van der Waals surface area contributed by atoms with Crippen molar-refractivity contribution in [2.75, 3.05) is 25.1 Å². The van der Waals surface area contributed by atoms with Crippen LogP contribution in [0.1, 0.15) is 22.3 Å². The molecule has 1 atom stereocenters. The third-order valence-corrected chi connectivity index (χ3v) is 4.75. The number of thiocarbonyl (C=S) groups is 1. The van der Waals surface area contributed by atoms with Gasteiger partial charge in [0, 0.05) is 18.7 Å². The quantitative estimate of drug-likeness (QED) is 0.717. The first-order valence-electron chi connectivity index (χ1n) is 7.59. The van der Waals surface area contributed by atoms with Crippen LogP contribution in [0.2, 0.25) is 0 Å². The molecule has 0 spiro atoms. The van der Waals surface area contributed by atoms with Gasteiger partial charge in [-0.15, -0.1) is 0 Å². The molecule has 0 aliphatic carbocycles. The Morgan fingerprint density at radius 3 is 2.92 bits per heavy atom. The van der Waals surface area contributed by atoms with Gasteiger partial charge in [0.2, 0.25) is 0 Å². The molecule has 0 unspecified atom stereocenters. The lowest BCUT2D eigenvalue weighted by molar-refractivity contribution is -0.127. The second kappa shape index (κ2) is 8.43. The molecule has 2 N–H and O–H groups in total. The summed E-state index contributed by atoms with van der Waals surface area (Å²) in [5.41, 5.74) is 0.742. The monoisotopic (exact) mass is 369 g/mol. The zero-order valence-electron chi connectivity index (χ0n) is 13.6. The van der Waals surface area contributed by atoms with Gasteiger partial charge in [-0.1, -0.05) is 6.07 Å². The molecule has 8 heteroatoms. The van der Waals surface area contributed by atoms with Crippen LogP contribution in [0.25, 0.3) is 0 Å². The van der Waals surface area contributed by atoms with Crippen molar-refractivity contribution in [1.29, 1.82) is 0 Å². The Balaban J connectivity index is 1.85. The first kappa shape index (κ1) is 18.7. The number of nitrogens with one attached hydrogen (secondary N) is 2. The maximum absolute atomic E-state index is 13.5. The molecule has 0 saturated carbocycles. The van der Waals surface area contributed by atoms with Crippen LogP contribution in [0, 0.1) is 12.7 Å². The fourth-order valence-corrected chi connectivity index (χ4v) is 3.13. The molecule has 1 heterocycles. The van der Waals surface area contributed by atoms with Crippen LogP contribution >= 0.6 is 24.0 Å². The van der Waals surface area contributed by atoms with Crippen LogP contribution in [0.4, 0.5) is 4.39 Å². The molecule has 0 radical (unpaired) electrons. The number of hydrogen-bond acceptors (Lipinski definition) is 4. The number of thioether (sulfide) groups is 1. The van der Waals surface area contributed by atoms with Crippen molar-refractivity contribution in [3.05, 3.63) is 35.1 Å². The fourth-order valence-electron chi connectivity index (χ4n) is 2.34. The van der Waals surface area contributed by atoms with Gasteiger partial charge in [-0.25, -0.2) is 4.39 Å². The summed E-state index contributed by atoms with van der Waals surface area (Å²) in [6, 6.07) is 4.05. The zero-order chi connectivity index (χ0) is 17.7. The largest absolute Gasteiger partial charge is 0.350 e. The van der Waals surface area contributed by atoms with Gasteiger partial charge < -0.3 is 10.6 Å². The van der Waals surface area contributed by atoms with Gasteiger partial charge in [0.15, 0.2) is 5.11 Å². The molecule has 1 aliphatic rings. The SMILES string of the molecule is CSCC[C@H]1NC(=S)N(CCNC(=O)c2ccc(C)c(F)c2)C1=O. The first-order chi connectivity index (χ1) is 11.4. The molecule has 2 amide bonds. The second-order valence-electron chi connectivity index (χ2n) is 5.49. The summed E-state index contributed by atoms with van der Waals surface area (Å²) in [6.45, 7) is 2.18. The third-order valence-electron chi connectivity index (χ3n) is 3.77. The number of carbonyl (C=O) groups is 2. The maximum atomic E-state index is 13.5. The molecule has 1 aromatic rings. The van der Waals surface area contributed by atoms with Crippen molar-refractivity contribution in [1.82, 2.24) is 15.5 Å². The normalized spacial score (nSPS) is 17.1. The molecule has 1 aliphatic heterocycles. The van der Waals surface area contributed by atoms with Gasteiger partial charge in [0.25, 0.3) is 11.8 Å². The van der Waals surface area contributed by atoms with E-state index in [4.69, 9.17) is 12.2 Å². The molecule has 130 valence electrons. The van der Waals surface area contributed by atoms with Crippen LogP contribution in [-0.4, -0.2) is 53.0 Å². The Kier molecular flexibility index (Phi) is 6.56. The van der Waals surface area contributed by atoms with Crippen molar-refractivity contribution in [3.63, 3.8) is 0 Å². The maximum Gasteiger partial charge on any atom is 0.251 e. The van der Waals surface area contributed by atoms with Crippen LogP contribution in [0.15, 0.2) is 18.2 Å². The highest BCUT2D eigenvalue weighted by Gasteiger charge is 2.34. The molecular formula is C16H20FN3O2S2. The Hall–Kier alpha value is -1.67. The van der Waals surface area contributed by atoms with Crippen molar-refractivity contribution >= 4 is 40.9 Å². The summed E-state index contributed by atoms with van der Waals surface area (Å²) in [5, 5.41) is 6.08. The summed E-state index contributed by atoms with van der Waals surface area (Å²) >= 11 is 6.85. The van der Waals surface area contributed by atoms with E-state index in [1.807, 2.05) is 6.26 Å². The summed E-state index contributed by atoms with van der Waals surface area (Å²) < 4.78 is 13.5. The van der Waals surface area contributed by atoms with E-state index in [1.54, 1.807) is 30.8 Å². The standard InChI is InChI=1S/C16H20FN3O2S2/c1-10-3-4-11(9-12(10)17)14(21)18-6-7-20-15(22)13(5-8-24-2)19-16(20)23/h3-4,9,13H,5-8H2,1-2H3,(H,18,21)(H,19,23)/t13-/m1/s1. The molecule has 0 aromatic heterocycles. The average Bonchev–Trinajstić information content (AvgIpc) is 2.82. The lowest BCUT2D eigenvalue weighted by atomic mass is 10.1. The predicted octanol–water partition coefficient (Wildman–Crippen LogP) is 1.70. The number of benzene rings is 1. The van der Waals surface area contributed by atoms with E-state index in [2.05, 4.69) is 10.6 Å². The number of amides is 2. The van der Waals surface area contributed by atoms with Crippen molar-refractivity contribution < 1.29 is 14.0 Å². The third kappa shape index (κ3) is 4.45. The van der Waals surface area contributed by atoms with Gasteiger partial charge in [-0.2, -0.15) is 11.8 Å². The highest BCUT2D eigenvalue weighted by molar-refractivity contribution is 7.98. The molecular weight excluding hydrogens is 349 g/mol. The second-order valence-corrected chi connectivity index (χ2v) is 6.87. The van der Waals surface area contributed by atoms with Gasteiger partial charge in [0.1, 0.15) is 11.9 Å². The minimum absolute atomic E-state index is 0.0651. The Morgan fingerprint density at radius 2 is 2.25 bits per heavy atom. The topological polar surface area (TPSA) is 61.4 Å². The van der Waals surface area contributed by atoms with E-state index in [-0.39, 0.29) is 30.0 Å². The van der Waals surface area contributed by atoms with E-state index in [0.717, 1.165) is 5.75 Å². The molecule has 2 rings (SSSR count). The molecule has 1 fully saturated rings. The van der Waals surface area contributed by atoms with Gasteiger partial charge in [-0.3, -0.25) is 14.5 Å². The minimum Gasteiger partial charge on any atom is -0.350 e. The summed E-state index contributed by atoms with van der Waals surface area (Å²) in [6.07, 6.45) is 2.70. The molecule has 5 nitrogen and oxygen atoms in total. The van der Waals surface area contributed by atoms with Crippen LogP contribution in [0.5, 0.6) is 0 Å². The van der Waals surface area contributed by atoms with Gasteiger partial charge in [0.05, 0.1) is 0 Å². The minimum atomic E-state index is -0.417. The van der Waals surface area contributed by atoms with Crippen LogP contribution in [-0.2, 0) is 4.79 Å². The van der Waals surface area contributed by atoms with E-state index in [1.165, 1.54) is 11.0 Å². The lowest BCUT2D eigenvalue weighted by Gasteiger charge is -2.15. The van der Waals surface area contributed by atoms with E-state index >= 15 is 0 Å². The van der Waals surface area contributed by atoms with Gasteiger partial charge in [-0.05, 0) is 55.3 Å². The van der Waals surface area contributed by atoms with Crippen molar-refractivity contribution in [2.45, 2.75) is 19.4 Å². The number of halogens is 1. The highest BCUT2D eigenvalue weighted by atomic mass is 32.2. The number of hydrogen-bond donors (Lipinski definition) is 2. The number of aryl methyl sites for hydroxylation is 1. The average molecular weight is 369 g/mol. The van der Waals surface area contributed by atoms with Crippen molar-refractivity contribution in [3.8, 4) is 0 Å². The smallest absolute Gasteiger partial charge is 0.251 e. The first-order valence-corrected chi connectivity index (χ1v) is 9.39. The fraction of sp³-hybridized carbons (Fsp3) is 0.438. The predicted molar refractivity (Wildman–Crippen MR) is 97.7 cm³/mol. The Morgan fingerprint density at radius 1 is 1.50 bits per heavy atom. The number of nitrogens with zero attached hydrogens (tertiary/aromatic N) is 1. The van der Waals surface area contributed by atoms with E-state index in [9.17, 15) is 14.0 Å². The van der Waals surface area contributed by atoms with E-state index < -0.39 is 5.82 Å². The Bertz CT molecular complexity index is 654. The van der Waals surface area contributed by atoms with Crippen LogP contribution in [0.3, 0.4) is 0 Å². The zero-order valence-corrected chi connectivity index (χ0v) is 15.2. The molecule has 1 aromatic carbocycles. The molecule has 24 heavy (non-hydrogen) atoms. The summed E-state index contributed by atoms with van der Waals surface area (Å²) in [4.78, 5) is 25.7. The van der Waals surface area contributed by atoms with Crippen LogP contribution < -0.4 is 10.6 Å². The van der Waals surface area contributed by atoms with E-state index in [0.29, 0.717) is 23.6 Å². The summed E-state index contributed by atoms with van der Waals surface area (Å²) in [7, 11) is 0. The van der Waals surface area contributed by atoms with Gasteiger partial charge >= 0.3 is 0 Å².